The van der Waals surface area contributed by atoms with Crippen LogP contribution in [0.2, 0.25) is 0 Å². The number of benzene rings is 2. The number of anilines is 1. The summed E-state index contributed by atoms with van der Waals surface area (Å²) in [5.41, 5.74) is 9.94. The Hall–Kier alpha value is -1.94. The molecule has 0 fully saturated rings. The quantitative estimate of drug-likeness (QED) is 0.684. The molecule has 2 N–H and O–H groups in total. The van der Waals surface area contributed by atoms with E-state index in [1.165, 1.54) is 10.5 Å². The molecule has 0 bridgehead atoms. The number of hydrogen-bond acceptors (Lipinski definition) is 3. The second-order valence-corrected chi connectivity index (χ2v) is 6.07. The molecule has 0 spiro atoms. The van der Waals surface area contributed by atoms with E-state index in [4.69, 9.17) is 5.73 Å². The summed E-state index contributed by atoms with van der Waals surface area (Å²) in [6, 6.07) is 13.7. The third kappa shape index (κ3) is 2.76. The van der Waals surface area contributed by atoms with Crippen molar-refractivity contribution < 1.29 is 4.79 Å². The molecule has 0 saturated carbocycles. The van der Waals surface area contributed by atoms with E-state index in [1.54, 1.807) is 11.8 Å². The van der Waals surface area contributed by atoms with Crippen LogP contribution in [0.3, 0.4) is 0 Å². The van der Waals surface area contributed by atoms with Crippen LogP contribution in [0.4, 0.5) is 5.69 Å². The molecular weight excluding hydrogens is 280 g/mol. The van der Waals surface area contributed by atoms with Crippen molar-refractivity contribution in [3.8, 4) is 0 Å². The van der Waals surface area contributed by atoms with E-state index in [1.807, 2.05) is 47.6 Å². The lowest BCUT2D eigenvalue weighted by Crippen LogP contribution is -2.36. The lowest BCUT2D eigenvalue weighted by molar-refractivity contribution is 0.0735. The fourth-order valence-corrected chi connectivity index (χ4v) is 3.14. The van der Waals surface area contributed by atoms with E-state index in [9.17, 15) is 4.79 Å². The van der Waals surface area contributed by atoms with Gasteiger partial charge < -0.3 is 10.6 Å². The maximum absolute atomic E-state index is 12.6. The minimum atomic E-state index is 0.0933. The van der Waals surface area contributed by atoms with Crippen LogP contribution in [-0.2, 0) is 13.0 Å². The maximum Gasteiger partial charge on any atom is 0.254 e. The molecule has 21 heavy (non-hydrogen) atoms. The minimum absolute atomic E-state index is 0.0933. The lowest BCUT2D eigenvalue weighted by Gasteiger charge is -2.29. The van der Waals surface area contributed by atoms with E-state index in [0.29, 0.717) is 6.54 Å². The van der Waals surface area contributed by atoms with Gasteiger partial charge in [-0.15, -0.1) is 11.8 Å². The molecule has 1 aliphatic heterocycles. The Morgan fingerprint density at radius 3 is 2.67 bits per heavy atom. The van der Waals surface area contributed by atoms with Gasteiger partial charge in [-0.2, -0.15) is 0 Å². The number of nitrogens with zero attached hydrogens (tertiary/aromatic N) is 1. The van der Waals surface area contributed by atoms with Gasteiger partial charge in [0.05, 0.1) is 0 Å². The zero-order valence-electron chi connectivity index (χ0n) is 12.0. The van der Waals surface area contributed by atoms with E-state index in [2.05, 4.69) is 6.07 Å². The molecule has 0 radical (unpaired) electrons. The molecule has 1 aliphatic rings. The highest BCUT2D eigenvalue weighted by Gasteiger charge is 2.22. The van der Waals surface area contributed by atoms with Gasteiger partial charge in [-0.05, 0) is 54.1 Å². The number of nitrogen functional groups attached to an aromatic ring is 1. The molecule has 0 atom stereocenters. The lowest BCUT2D eigenvalue weighted by atomic mass is 9.97. The topological polar surface area (TPSA) is 46.3 Å². The average Bonchev–Trinajstić information content (AvgIpc) is 2.54. The summed E-state index contributed by atoms with van der Waals surface area (Å²) in [6.45, 7) is 1.37. The summed E-state index contributed by atoms with van der Waals surface area (Å²) >= 11 is 1.68. The second-order valence-electron chi connectivity index (χ2n) is 5.19. The van der Waals surface area contributed by atoms with Crippen molar-refractivity contribution in [1.82, 2.24) is 4.90 Å². The SMILES string of the molecule is CSc1ccc(C(=O)N2CCc3c(N)cccc3C2)cc1. The van der Waals surface area contributed by atoms with E-state index >= 15 is 0 Å². The van der Waals surface area contributed by atoms with Crippen LogP contribution < -0.4 is 5.73 Å². The van der Waals surface area contributed by atoms with Crippen molar-refractivity contribution in [2.75, 3.05) is 18.5 Å². The predicted octanol–water partition coefficient (Wildman–Crippen LogP) is 3.19. The summed E-state index contributed by atoms with van der Waals surface area (Å²) < 4.78 is 0. The van der Waals surface area contributed by atoms with Crippen molar-refractivity contribution in [1.29, 1.82) is 0 Å². The fourth-order valence-electron chi connectivity index (χ4n) is 2.73. The number of amides is 1. The van der Waals surface area contributed by atoms with Gasteiger partial charge >= 0.3 is 0 Å². The number of carbonyl (C=O) groups is 1. The Balaban J connectivity index is 1.80. The number of hydrogen-bond donors (Lipinski definition) is 1. The highest BCUT2D eigenvalue weighted by Crippen LogP contribution is 2.25. The van der Waals surface area contributed by atoms with Crippen molar-refractivity contribution >= 4 is 23.4 Å². The smallest absolute Gasteiger partial charge is 0.254 e. The summed E-state index contributed by atoms with van der Waals surface area (Å²) in [7, 11) is 0. The van der Waals surface area contributed by atoms with Gasteiger partial charge in [0.25, 0.3) is 5.91 Å². The Bertz CT molecular complexity index is 667. The third-order valence-electron chi connectivity index (χ3n) is 3.93. The summed E-state index contributed by atoms with van der Waals surface area (Å²) in [6.07, 6.45) is 2.86. The van der Waals surface area contributed by atoms with Crippen molar-refractivity contribution in [2.45, 2.75) is 17.9 Å². The van der Waals surface area contributed by atoms with Crippen molar-refractivity contribution in [3.05, 3.63) is 59.2 Å². The molecule has 3 nitrogen and oxygen atoms in total. The predicted molar refractivity (Wildman–Crippen MR) is 87.5 cm³/mol. The summed E-state index contributed by atoms with van der Waals surface area (Å²) in [5.74, 6) is 0.0933. The van der Waals surface area contributed by atoms with Crippen LogP contribution >= 0.6 is 11.8 Å². The van der Waals surface area contributed by atoms with Crippen LogP contribution in [-0.4, -0.2) is 23.6 Å². The third-order valence-corrected chi connectivity index (χ3v) is 4.67. The van der Waals surface area contributed by atoms with Gasteiger partial charge in [-0.1, -0.05) is 12.1 Å². The number of nitrogens with two attached hydrogens (primary N) is 1. The number of thioether (sulfide) groups is 1. The molecule has 0 aromatic heterocycles. The number of fused-ring (bicyclic) bond motifs is 1. The zero-order chi connectivity index (χ0) is 14.8. The Morgan fingerprint density at radius 2 is 1.95 bits per heavy atom. The van der Waals surface area contributed by atoms with Gasteiger partial charge in [-0.3, -0.25) is 4.79 Å². The molecule has 1 heterocycles. The Kier molecular flexibility index (Phi) is 3.88. The van der Waals surface area contributed by atoms with Crippen LogP contribution in [0.15, 0.2) is 47.4 Å². The van der Waals surface area contributed by atoms with E-state index in [0.717, 1.165) is 29.8 Å². The van der Waals surface area contributed by atoms with Gasteiger partial charge in [-0.25, -0.2) is 0 Å². The van der Waals surface area contributed by atoms with Crippen LogP contribution in [0, 0.1) is 0 Å². The number of carbonyl (C=O) groups excluding carboxylic acids is 1. The highest BCUT2D eigenvalue weighted by molar-refractivity contribution is 7.98. The second kappa shape index (κ2) is 5.82. The standard InChI is InChI=1S/C17H18N2OS/c1-21-14-7-5-12(6-8-14)17(20)19-10-9-15-13(11-19)3-2-4-16(15)18/h2-8H,9-11,18H2,1H3. The molecular formula is C17H18N2OS. The highest BCUT2D eigenvalue weighted by atomic mass is 32.2. The first kappa shape index (κ1) is 14.0. The first-order chi connectivity index (χ1) is 10.2. The van der Waals surface area contributed by atoms with Crippen LogP contribution in [0.25, 0.3) is 0 Å². The van der Waals surface area contributed by atoms with Crippen molar-refractivity contribution in [3.63, 3.8) is 0 Å². The minimum Gasteiger partial charge on any atom is -0.398 e. The largest absolute Gasteiger partial charge is 0.398 e. The molecule has 0 aliphatic carbocycles. The molecule has 3 rings (SSSR count). The molecule has 108 valence electrons. The van der Waals surface area contributed by atoms with Gasteiger partial charge in [0.15, 0.2) is 0 Å². The Labute approximate surface area is 129 Å². The van der Waals surface area contributed by atoms with Crippen LogP contribution in [0.5, 0.6) is 0 Å². The maximum atomic E-state index is 12.6. The first-order valence-electron chi connectivity index (χ1n) is 6.98. The van der Waals surface area contributed by atoms with Gasteiger partial charge in [0, 0.05) is 29.2 Å². The van der Waals surface area contributed by atoms with Gasteiger partial charge in [0.1, 0.15) is 0 Å². The average molecular weight is 298 g/mol. The fraction of sp³-hybridized carbons (Fsp3) is 0.235. The van der Waals surface area contributed by atoms with E-state index < -0.39 is 0 Å². The van der Waals surface area contributed by atoms with Crippen molar-refractivity contribution in [2.24, 2.45) is 0 Å². The number of rotatable bonds is 2. The molecule has 2 aromatic rings. The van der Waals surface area contributed by atoms with E-state index in [-0.39, 0.29) is 5.91 Å². The Morgan fingerprint density at radius 1 is 1.19 bits per heavy atom. The molecule has 0 saturated heterocycles. The monoisotopic (exact) mass is 298 g/mol. The summed E-state index contributed by atoms with van der Waals surface area (Å²) in [5, 5.41) is 0. The molecule has 0 unspecified atom stereocenters. The molecule has 1 amide bonds. The zero-order valence-corrected chi connectivity index (χ0v) is 12.8. The van der Waals surface area contributed by atoms with Gasteiger partial charge in [0.2, 0.25) is 0 Å². The summed E-state index contributed by atoms with van der Waals surface area (Å²) in [4.78, 5) is 15.7. The first-order valence-corrected chi connectivity index (χ1v) is 8.21. The molecule has 2 aromatic carbocycles. The molecule has 4 heteroatoms. The normalized spacial score (nSPS) is 13.9. The van der Waals surface area contributed by atoms with Crippen LogP contribution in [0.1, 0.15) is 21.5 Å².